The SMILES string of the molecule is NC(=O)[C@@H]1CCCN1C(=O)CC(C1CCCCC1)C1CCCCC1. The molecular weight excluding hydrogens is 300 g/mol. The Bertz CT molecular complexity index is 421. The molecule has 1 aliphatic heterocycles. The number of hydrogen-bond donors (Lipinski definition) is 1. The molecule has 3 aliphatic rings. The van der Waals surface area contributed by atoms with Gasteiger partial charge in [-0.05, 0) is 30.6 Å². The molecule has 0 aromatic heterocycles. The first kappa shape index (κ1) is 17.8. The lowest BCUT2D eigenvalue weighted by atomic mass is 9.68. The first-order chi connectivity index (χ1) is 11.7. The second-order valence-corrected chi connectivity index (χ2v) is 8.31. The van der Waals surface area contributed by atoms with Crippen molar-refractivity contribution in [2.24, 2.45) is 23.5 Å². The summed E-state index contributed by atoms with van der Waals surface area (Å²) in [5.74, 6) is 1.85. The minimum Gasteiger partial charge on any atom is -0.368 e. The van der Waals surface area contributed by atoms with E-state index in [4.69, 9.17) is 5.73 Å². The third kappa shape index (κ3) is 4.12. The van der Waals surface area contributed by atoms with Gasteiger partial charge in [-0.3, -0.25) is 9.59 Å². The summed E-state index contributed by atoms with van der Waals surface area (Å²) in [7, 11) is 0. The minimum atomic E-state index is -0.351. The summed E-state index contributed by atoms with van der Waals surface area (Å²) >= 11 is 0. The van der Waals surface area contributed by atoms with Gasteiger partial charge in [-0.25, -0.2) is 0 Å². The Labute approximate surface area is 146 Å². The number of nitrogens with two attached hydrogens (primary N) is 1. The highest BCUT2D eigenvalue weighted by Crippen LogP contribution is 2.42. The fraction of sp³-hybridized carbons (Fsp3) is 0.900. The molecule has 1 heterocycles. The van der Waals surface area contributed by atoms with Gasteiger partial charge in [-0.1, -0.05) is 64.2 Å². The Kier molecular flexibility index (Phi) is 6.18. The van der Waals surface area contributed by atoms with Gasteiger partial charge in [0, 0.05) is 13.0 Å². The van der Waals surface area contributed by atoms with Crippen molar-refractivity contribution in [3.05, 3.63) is 0 Å². The van der Waals surface area contributed by atoms with E-state index in [0.29, 0.717) is 18.9 Å². The zero-order valence-electron chi connectivity index (χ0n) is 15.0. The molecule has 2 saturated carbocycles. The quantitative estimate of drug-likeness (QED) is 0.834. The third-order valence-corrected chi connectivity index (χ3v) is 6.82. The molecule has 2 N–H and O–H groups in total. The van der Waals surface area contributed by atoms with Gasteiger partial charge in [0.05, 0.1) is 0 Å². The van der Waals surface area contributed by atoms with Gasteiger partial charge in [0.1, 0.15) is 6.04 Å². The van der Waals surface area contributed by atoms with Gasteiger partial charge < -0.3 is 10.6 Å². The highest BCUT2D eigenvalue weighted by atomic mass is 16.2. The van der Waals surface area contributed by atoms with Crippen LogP contribution in [-0.2, 0) is 9.59 Å². The van der Waals surface area contributed by atoms with Gasteiger partial charge in [-0.15, -0.1) is 0 Å². The van der Waals surface area contributed by atoms with Crippen molar-refractivity contribution in [3.8, 4) is 0 Å². The molecule has 1 saturated heterocycles. The van der Waals surface area contributed by atoms with Crippen LogP contribution < -0.4 is 5.73 Å². The highest BCUT2D eigenvalue weighted by molar-refractivity contribution is 5.87. The second kappa shape index (κ2) is 8.35. The van der Waals surface area contributed by atoms with Crippen molar-refractivity contribution >= 4 is 11.8 Å². The van der Waals surface area contributed by atoms with Crippen LogP contribution in [0, 0.1) is 17.8 Å². The number of likely N-dealkylation sites (tertiary alicyclic amines) is 1. The lowest BCUT2D eigenvalue weighted by Gasteiger charge is -2.38. The maximum Gasteiger partial charge on any atom is 0.240 e. The number of carbonyl (C=O) groups is 2. The number of carbonyl (C=O) groups excluding carboxylic acids is 2. The standard InChI is InChI=1S/C20H34N2O2/c21-20(24)18-12-7-13-22(18)19(23)14-17(15-8-3-1-4-9-15)16-10-5-2-6-11-16/h15-18H,1-14H2,(H2,21,24)/t18-/m0/s1. The van der Waals surface area contributed by atoms with Crippen LogP contribution in [0.1, 0.15) is 83.5 Å². The Morgan fingerprint density at radius 1 is 0.833 bits per heavy atom. The summed E-state index contributed by atoms with van der Waals surface area (Å²) < 4.78 is 0. The summed E-state index contributed by atoms with van der Waals surface area (Å²) in [6, 6.07) is -0.351. The lowest BCUT2D eigenvalue weighted by molar-refractivity contribution is -0.139. The van der Waals surface area contributed by atoms with Crippen LogP contribution in [0.15, 0.2) is 0 Å². The predicted molar refractivity (Wildman–Crippen MR) is 95.2 cm³/mol. The summed E-state index contributed by atoms with van der Waals surface area (Å²) in [6.07, 6.45) is 15.5. The van der Waals surface area contributed by atoms with Gasteiger partial charge in [-0.2, -0.15) is 0 Å². The van der Waals surface area contributed by atoms with E-state index in [1.54, 1.807) is 4.90 Å². The second-order valence-electron chi connectivity index (χ2n) is 8.31. The first-order valence-electron chi connectivity index (χ1n) is 10.3. The van der Waals surface area contributed by atoms with Crippen LogP contribution in [0.4, 0.5) is 0 Å². The third-order valence-electron chi connectivity index (χ3n) is 6.82. The molecule has 4 nitrogen and oxygen atoms in total. The topological polar surface area (TPSA) is 63.4 Å². The number of rotatable bonds is 5. The van der Waals surface area contributed by atoms with Crippen LogP contribution >= 0.6 is 0 Å². The number of amides is 2. The van der Waals surface area contributed by atoms with E-state index >= 15 is 0 Å². The molecule has 1 atom stereocenters. The Morgan fingerprint density at radius 2 is 1.38 bits per heavy atom. The van der Waals surface area contributed by atoms with Gasteiger partial charge in [0.15, 0.2) is 0 Å². The lowest BCUT2D eigenvalue weighted by Crippen LogP contribution is -2.45. The van der Waals surface area contributed by atoms with Crippen LogP contribution in [0.3, 0.4) is 0 Å². The molecule has 0 bridgehead atoms. The van der Waals surface area contributed by atoms with E-state index in [2.05, 4.69) is 0 Å². The van der Waals surface area contributed by atoms with Gasteiger partial charge in [0.2, 0.25) is 11.8 Å². The van der Waals surface area contributed by atoms with Crippen LogP contribution in [0.2, 0.25) is 0 Å². The molecule has 0 radical (unpaired) electrons. The number of primary amides is 1. The summed E-state index contributed by atoms with van der Waals surface area (Å²) in [5.41, 5.74) is 5.51. The molecule has 4 heteroatoms. The average Bonchev–Trinajstić information content (AvgIpc) is 3.11. The van der Waals surface area contributed by atoms with Crippen LogP contribution in [0.5, 0.6) is 0 Å². The minimum absolute atomic E-state index is 0.192. The molecule has 0 aromatic rings. The molecule has 136 valence electrons. The van der Waals surface area contributed by atoms with Crippen LogP contribution in [0.25, 0.3) is 0 Å². The summed E-state index contributed by atoms with van der Waals surface area (Å²) in [5, 5.41) is 0. The van der Waals surface area contributed by atoms with E-state index in [9.17, 15) is 9.59 Å². The van der Waals surface area contributed by atoms with Crippen molar-refractivity contribution in [2.75, 3.05) is 6.54 Å². The summed E-state index contributed by atoms with van der Waals surface area (Å²) in [4.78, 5) is 26.4. The van der Waals surface area contributed by atoms with E-state index < -0.39 is 0 Å². The average molecular weight is 335 g/mol. The van der Waals surface area contributed by atoms with Gasteiger partial charge in [0.25, 0.3) is 0 Å². The summed E-state index contributed by atoms with van der Waals surface area (Å²) in [6.45, 7) is 0.717. The first-order valence-corrected chi connectivity index (χ1v) is 10.3. The Balaban J connectivity index is 1.68. The van der Waals surface area contributed by atoms with E-state index in [-0.39, 0.29) is 17.9 Å². The van der Waals surface area contributed by atoms with Crippen molar-refractivity contribution in [1.82, 2.24) is 4.90 Å². The number of hydrogen-bond acceptors (Lipinski definition) is 2. The molecule has 3 fully saturated rings. The maximum absolute atomic E-state index is 13.0. The smallest absolute Gasteiger partial charge is 0.240 e. The fourth-order valence-corrected chi connectivity index (χ4v) is 5.52. The molecule has 0 unspecified atom stereocenters. The molecule has 0 aromatic carbocycles. The van der Waals surface area contributed by atoms with Crippen LogP contribution in [-0.4, -0.2) is 29.3 Å². The fourth-order valence-electron chi connectivity index (χ4n) is 5.52. The van der Waals surface area contributed by atoms with Crippen molar-refractivity contribution in [3.63, 3.8) is 0 Å². The van der Waals surface area contributed by atoms with Crippen molar-refractivity contribution in [1.29, 1.82) is 0 Å². The molecule has 0 spiro atoms. The van der Waals surface area contributed by atoms with E-state index in [0.717, 1.165) is 24.7 Å². The van der Waals surface area contributed by atoms with Gasteiger partial charge >= 0.3 is 0 Å². The molecule has 3 rings (SSSR count). The van der Waals surface area contributed by atoms with Crippen molar-refractivity contribution in [2.45, 2.75) is 89.5 Å². The van der Waals surface area contributed by atoms with Crippen molar-refractivity contribution < 1.29 is 9.59 Å². The van der Waals surface area contributed by atoms with E-state index in [1.807, 2.05) is 0 Å². The molecule has 2 amide bonds. The largest absolute Gasteiger partial charge is 0.368 e. The zero-order valence-corrected chi connectivity index (χ0v) is 15.0. The Morgan fingerprint density at radius 3 is 1.88 bits per heavy atom. The molecule has 24 heavy (non-hydrogen) atoms. The maximum atomic E-state index is 13.0. The van der Waals surface area contributed by atoms with E-state index in [1.165, 1.54) is 64.2 Å². The molecular formula is C20H34N2O2. The Hall–Kier alpha value is -1.06. The molecule has 2 aliphatic carbocycles. The normalized spacial score (nSPS) is 26.9. The zero-order chi connectivity index (χ0) is 16.9. The predicted octanol–water partition coefficient (Wildman–Crippen LogP) is 3.63. The monoisotopic (exact) mass is 334 g/mol. The highest BCUT2D eigenvalue weighted by Gasteiger charge is 2.37. The number of nitrogens with zero attached hydrogens (tertiary/aromatic N) is 1.